The van der Waals surface area contributed by atoms with E-state index in [1.54, 1.807) is 30.6 Å². The summed E-state index contributed by atoms with van der Waals surface area (Å²) in [7, 11) is 1.99. The monoisotopic (exact) mass is 340 g/mol. The average molecular weight is 341 g/mol. The van der Waals surface area contributed by atoms with Gasteiger partial charge < -0.3 is 9.47 Å². The molecule has 1 saturated heterocycles. The zero-order valence-electron chi connectivity index (χ0n) is 13.3. The van der Waals surface area contributed by atoms with Crippen molar-refractivity contribution in [3.05, 3.63) is 59.3 Å². The minimum atomic E-state index is 0.0430. The zero-order chi connectivity index (χ0) is 16.7. The van der Waals surface area contributed by atoms with Crippen molar-refractivity contribution >= 4 is 28.4 Å². The van der Waals surface area contributed by atoms with Crippen LogP contribution in [0.5, 0.6) is 0 Å². The molecule has 0 saturated carbocycles. The summed E-state index contributed by atoms with van der Waals surface area (Å²) < 4.78 is 2.03. The van der Waals surface area contributed by atoms with Gasteiger partial charge in [0.15, 0.2) is 0 Å². The van der Waals surface area contributed by atoms with Crippen molar-refractivity contribution in [1.29, 1.82) is 0 Å². The molecule has 0 bridgehead atoms. The van der Waals surface area contributed by atoms with Crippen molar-refractivity contribution in [2.45, 2.75) is 12.3 Å². The third kappa shape index (κ3) is 2.55. The molecule has 3 heterocycles. The lowest BCUT2D eigenvalue weighted by Crippen LogP contribution is -2.29. The van der Waals surface area contributed by atoms with Crippen LogP contribution in [0.3, 0.4) is 0 Å². The summed E-state index contributed by atoms with van der Waals surface area (Å²) in [6, 6.07) is 7.23. The van der Waals surface area contributed by atoms with Gasteiger partial charge in [-0.1, -0.05) is 17.7 Å². The van der Waals surface area contributed by atoms with Crippen LogP contribution in [-0.2, 0) is 7.05 Å². The highest BCUT2D eigenvalue weighted by atomic mass is 35.5. The van der Waals surface area contributed by atoms with Crippen LogP contribution >= 0.6 is 11.6 Å². The van der Waals surface area contributed by atoms with Crippen LogP contribution in [0.4, 0.5) is 0 Å². The van der Waals surface area contributed by atoms with Gasteiger partial charge in [-0.25, -0.2) is 4.98 Å². The van der Waals surface area contributed by atoms with E-state index in [1.165, 1.54) is 0 Å². The first-order valence-electron chi connectivity index (χ1n) is 7.94. The number of aryl methyl sites for hydroxylation is 1. The molecule has 1 aliphatic heterocycles. The topological polar surface area (TPSA) is 51.0 Å². The summed E-state index contributed by atoms with van der Waals surface area (Å²) in [5, 5.41) is 1.46. The molecule has 1 amide bonds. The molecular weight excluding hydrogens is 324 g/mol. The lowest BCUT2D eigenvalue weighted by Gasteiger charge is -2.17. The third-order valence-corrected chi connectivity index (χ3v) is 4.87. The Morgan fingerprint density at radius 3 is 2.92 bits per heavy atom. The van der Waals surface area contributed by atoms with Gasteiger partial charge in [-0.05, 0) is 24.6 Å². The van der Waals surface area contributed by atoms with Crippen molar-refractivity contribution in [3.63, 3.8) is 0 Å². The standard InChI is InChI=1S/C18H17ClN4O/c1-22-9-7-21-17(22)12-5-8-23(11-12)18(24)15-4-6-20-16-10-13(19)2-3-14(15)16/h2-4,6-7,9-10,12H,5,8,11H2,1H3. The van der Waals surface area contributed by atoms with Crippen molar-refractivity contribution in [1.82, 2.24) is 19.4 Å². The van der Waals surface area contributed by atoms with Gasteiger partial charge in [0.2, 0.25) is 0 Å². The predicted molar refractivity (Wildman–Crippen MR) is 93.2 cm³/mol. The quantitative estimate of drug-likeness (QED) is 0.719. The number of benzene rings is 1. The fourth-order valence-electron chi connectivity index (χ4n) is 3.40. The third-order valence-electron chi connectivity index (χ3n) is 4.63. The number of imidazole rings is 1. The Balaban J connectivity index is 1.62. The second-order valence-corrected chi connectivity index (χ2v) is 6.59. The van der Waals surface area contributed by atoms with Crippen molar-refractivity contribution < 1.29 is 4.79 Å². The van der Waals surface area contributed by atoms with Crippen LogP contribution in [0.1, 0.15) is 28.5 Å². The van der Waals surface area contributed by atoms with Crippen LogP contribution in [0.15, 0.2) is 42.9 Å². The molecule has 0 aliphatic carbocycles. The first-order chi connectivity index (χ1) is 11.6. The molecule has 6 heteroatoms. The number of hydrogen-bond donors (Lipinski definition) is 0. The molecule has 0 N–H and O–H groups in total. The Hall–Kier alpha value is -2.40. The van der Waals surface area contributed by atoms with E-state index in [4.69, 9.17) is 11.6 Å². The van der Waals surface area contributed by atoms with Gasteiger partial charge in [-0.3, -0.25) is 9.78 Å². The van der Waals surface area contributed by atoms with Crippen LogP contribution in [0.2, 0.25) is 5.02 Å². The molecule has 1 aromatic carbocycles. The fourth-order valence-corrected chi connectivity index (χ4v) is 3.57. The van der Waals surface area contributed by atoms with Crippen LogP contribution in [-0.4, -0.2) is 38.4 Å². The highest BCUT2D eigenvalue weighted by Gasteiger charge is 2.30. The summed E-state index contributed by atoms with van der Waals surface area (Å²) in [6.45, 7) is 1.44. The predicted octanol–water partition coefficient (Wildman–Crippen LogP) is 3.25. The Labute approximate surface area is 144 Å². The van der Waals surface area contributed by atoms with E-state index >= 15 is 0 Å². The summed E-state index contributed by atoms with van der Waals surface area (Å²) in [4.78, 5) is 23.6. The molecule has 4 rings (SSSR count). The summed E-state index contributed by atoms with van der Waals surface area (Å²) in [6.07, 6.45) is 6.35. The largest absolute Gasteiger partial charge is 0.338 e. The zero-order valence-corrected chi connectivity index (χ0v) is 14.1. The molecule has 1 fully saturated rings. The number of amides is 1. The van der Waals surface area contributed by atoms with E-state index in [-0.39, 0.29) is 11.8 Å². The number of fused-ring (bicyclic) bond motifs is 1. The van der Waals surface area contributed by atoms with E-state index in [9.17, 15) is 4.79 Å². The number of likely N-dealkylation sites (tertiary alicyclic amines) is 1. The van der Waals surface area contributed by atoms with Crippen LogP contribution in [0.25, 0.3) is 10.9 Å². The van der Waals surface area contributed by atoms with E-state index in [1.807, 2.05) is 28.8 Å². The maximum atomic E-state index is 13.0. The molecule has 3 aromatic rings. The number of rotatable bonds is 2. The van der Waals surface area contributed by atoms with Gasteiger partial charge >= 0.3 is 0 Å². The Kier molecular flexibility index (Phi) is 3.73. The molecule has 1 aliphatic rings. The lowest BCUT2D eigenvalue weighted by atomic mass is 10.1. The van der Waals surface area contributed by atoms with Gasteiger partial charge in [-0.2, -0.15) is 0 Å². The highest BCUT2D eigenvalue weighted by Crippen LogP contribution is 2.28. The number of hydrogen-bond acceptors (Lipinski definition) is 3. The second-order valence-electron chi connectivity index (χ2n) is 6.15. The maximum Gasteiger partial charge on any atom is 0.254 e. The number of carbonyl (C=O) groups excluding carboxylic acids is 1. The normalized spacial score (nSPS) is 17.6. The number of carbonyl (C=O) groups is 1. The number of pyridine rings is 1. The van der Waals surface area contributed by atoms with Crippen LogP contribution in [0, 0.1) is 0 Å². The molecule has 0 spiro atoms. The Bertz CT molecular complexity index is 920. The van der Waals surface area contributed by atoms with Gasteiger partial charge in [0.1, 0.15) is 5.82 Å². The number of halogens is 1. The maximum absolute atomic E-state index is 13.0. The minimum absolute atomic E-state index is 0.0430. The summed E-state index contributed by atoms with van der Waals surface area (Å²) in [5.74, 6) is 1.37. The molecule has 122 valence electrons. The van der Waals surface area contributed by atoms with Crippen molar-refractivity contribution in [2.75, 3.05) is 13.1 Å². The minimum Gasteiger partial charge on any atom is -0.338 e. The number of nitrogens with zero attached hydrogens (tertiary/aromatic N) is 4. The molecule has 2 aromatic heterocycles. The second kappa shape index (κ2) is 5.91. The average Bonchev–Trinajstić information content (AvgIpc) is 3.22. The molecular formula is C18H17ClN4O. The first-order valence-corrected chi connectivity index (χ1v) is 8.32. The van der Waals surface area contributed by atoms with Gasteiger partial charge in [0.25, 0.3) is 5.91 Å². The van der Waals surface area contributed by atoms with Gasteiger partial charge in [0, 0.05) is 55.1 Å². The summed E-state index contributed by atoms with van der Waals surface area (Å²) in [5.41, 5.74) is 1.42. The Morgan fingerprint density at radius 2 is 2.12 bits per heavy atom. The molecule has 0 radical (unpaired) electrons. The molecule has 1 unspecified atom stereocenters. The van der Waals surface area contributed by atoms with Crippen LogP contribution < -0.4 is 0 Å². The lowest BCUT2D eigenvalue weighted by molar-refractivity contribution is 0.0792. The fraction of sp³-hybridized carbons (Fsp3) is 0.278. The Morgan fingerprint density at radius 1 is 1.25 bits per heavy atom. The van der Waals surface area contributed by atoms with E-state index < -0.39 is 0 Å². The van der Waals surface area contributed by atoms with E-state index in [0.29, 0.717) is 17.1 Å². The first kappa shape index (κ1) is 15.1. The van der Waals surface area contributed by atoms with E-state index in [0.717, 1.165) is 29.7 Å². The summed E-state index contributed by atoms with van der Waals surface area (Å²) >= 11 is 6.02. The highest BCUT2D eigenvalue weighted by molar-refractivity contribution is 6.31. The number of aromatic nitrogens is 3. The molecule has 24 heavy (non-hydrogen) atoms. The molecule has 5 nitrogen and oxygen atoms in total. The van der Waals surface area contributed by atoms with Crippen molar-refractivity contribution in [2.24, 2.45) is 7.05 Å². The smallest absolute Gasteiger partial charge is 0.254 e. The SMILES string of the molecule is Cn1ccnc1C1CCN(C(=O)c2ccnc3cc(Cl)ccc23)C1. The van der Waals surface area contributed by atoms with E-state index in [2.05, 4.69) is 9.97 Å². The van der Waals surface area contributed by atoms with Gasteiger partial charge in [0.05, 0.1) is 11.1 Å². The molecule has 1 atom stereocenters. The van der Waals surface area contributed by atoms with Gasteiger partial charge in [-0.15, -0.1) is 0 Å². The van der Waals surface area contributed by atoms with Crippen molar-refractivity contribution in [3.8, 4) is 0 Å².